The second-order valence-corrected chi connectivity index (χ2v) is 7.52. The van der Waals surface area contributed by atoms with Crippen LogP contribution >= 0.6 is 11.3 Å². The van der Waals surface area contributed by atoms with Crippen molar-refractivity contribution in [2.45, 2.75) is 24.2 Å². The Balaban J connectivity index is 2.15. The predicted molar refractivity (Wildman–Crippen MR) is 82.0 cm³/mol. The van der Waals surface area contributed by atoms with Crippen molar-refractivity contribution in [2.24, 2.45) is 0 Å². The van der Waals surface area contributed by atoms with Crippen LogP contribution in [0.4, 0.5) is 5.69 Å². The molecule has 0 amide bonds. The molecule has 7 heteroatoms. The average Bonchev–Trinajstić information content (AvgIpc) is 2.90. The molecule has 0 aliphatic heterocycles. The Bertz CT molecular complexity index is 756. The van der Waals surface area contributed by atoms with E-state index in [4.69, 9.17) is 10.00 Å². The van der Waals surface area contributed by atoms with Crippen LogP contribution in [0.15, 0.2) is 40.6 Å². The van der Waals surface area contributed by atoms with Crippen LogP contribution in [-0.4, -0.2) is 14.5 Å². The second-order valence-electron chi connectivity index (χ2n) is 4.53. The van der Waals surface area contributed by atoms with E-state index in [0.29, 0.717) is 16.3 Å². The number of nitrogens with one attached hydrogen (secondary N) is 1. The van der Waals surface area contributed by atoms with Gasteiger partial charge in [0.05, 0.1) is 6.10 Å². The number of benzene rings is 1. The van der Waals surface area contributed by atoms with E-state index in [-0.39, 0.29) is 10.3 Å². The van der Waals surface area contributed by atoms with Crippen molar-refractivity contribution in [2.75, 3.05) is 4.72 Å². The molecule has 110 valence electrons. The topological polar surface area (TPSA) is 79.2 Å². The smallest absolute Gasteiger partial charge is 0.271 e. The maximum Gasteiger partial charge on any atom is 0.271 e. The van der Waals surface area contributed by atoms with Gasteiger partial charge in [0, 0.05) is 5.69 Å². The van der Waals surface area contributed by atoms with Gasteiger partial charge in [-0.25, -0.2) is 8.42 Å². The quantitative estimate of drug-likeness (QED) is 0.916. The van der Waals surface area contributed by atoms with Gasteiger partial charge in [0.1, 0.15) is 20.9 Å². The van der Waals surface area contributed by atoms with Crippen LogP contribution in [0.2, 0.25) is 0 Å². The molecule has 0 atom stereocenters. The summed E-state index contributed by atoms with van der Waals surface area (Å²) in [5, 5.41) is 8.74. The lowest BCUT2D eigenvalue weighted by Crippen LogP contribution is -2.11. The predicted octanol–water partition coefficient (Wildman–Crippen LogP) is 3.21. The molecule has 2 rings (SSSR count). The monoisotopic (exact) mass is 322 g/mol. The van der Waals surface area contributed by atoms with Crippen LogP contribution in [0.1, 0.15) is 18.7 Å². The fraction of sp³-hybridized carbons (Fsp3) is 0.214. The lowest BCUT2D eigenvalue weighted by molar-refractivity contribution is 0.242. The first kappa shape index (κ1) is 15.4. The Kier molecular flexibility index (Phi) is 4.50. The number of hydrogen-bond donors (Lipinski definition) is 1. The normalized spacial score (nSPS) is 11.1. The highest BCUT2D eigenvalue weighted by Gasteiger charge is 2.17. The lowest BCUT2D eigenvalue weighted by Gasteiger charge is -2.11. The van der Waals surface area contributed by atoms with Gasteiger partial charge in [-0.15, -0.1) is 11.3 Å². The standard InChI is InChI=1S/C14H14N2O3S2/c1-10(2)19-12-5-3-11(4-6-12)16-21(17,18)14-8-7-13(9-15)20-14/h3-8,10,16H,1-2H3. The molecule has 1 N–H and O–H groups in total. The minimum absolute atomic E-state index is 0.0584. The van der Waals surface area contributed by atoms with E-state index in [1.807, 2.05) is 19.9 Å². The molecule has 0 bridgehead atoms. The summed E-state index contributed by atoms with van der Waals surface area (Å²) >= 11 is 0.934. The molecule has 0 fully saturated rings. The molecule has 0 saturated carbocycles. The van der Waals surface area contributed by atoms with E-state index in [1.165, 1.54) is 12.1 Å². The Morgan fingerprint density at radius 1 is 1.19 bits per heavy atom. The third-order valence-corrected chi connectivity index (χ3v) is 5.30. The minimum Gasteiger partial charge on any atom is -0.491 e. The maximum atomic E-state index is 12.2. The van der Waals surface area contributed by atoms with E-state index < -0.39 is 10.0 Å². The molecule has 0 aliphatic carbocycles. The zero-order valence-electron chi connectivity index (χ0n) is 11.5. The van der Waals surface area contributed by atoms with Crippen molar-refractivity contribution in [1.82, 2.24) is 0 Å². The largest absolute Gasteiger partial charge is 0.491 e. The summed E-state index contributed by atoms with van der Waals surface area (Å²) in [5.41, 5.74) is 0.443. The van der Waals surface area contributed by atoms with Crippen molar-refractivity contribution >= 4 is 27.0 Å². The highest BCUT2D eigenvalue weighted by atomic mass is 32.2. The number of rotatable bonds is 5. The van der Waals surface area contributed by atoms with Crippen molar-refractivity contribution in [1.29, 1.82) is 5.26 Å². The summed E-state index contributed by atoms with van der Waals surface area (Å²) < 4.78 is 32.4. The van der Waals surface area contributed by atoms with E-state index in [1.54, 1.807) is 24.3 Å². The zero-order chi connectivity index (χ0) is 15.5. The molecule has 0 saturated heterocycles. The van der Waals surface area contributed by atoms with Gasteiger partial charge in [-0.2, -0.15) is 5.26 Å². The molecular formula is C14H14N2O3S2. The summed E-state index contributed by atoms with van der Waals surface area (Å²) in [7, 11) is -3.66. The fourth-order valence-corrected chi connectivity index (χ4v) is 3.77. The number of anilines is 1. The Labute approximate surface area is 127 Å². The van der Waals surface area contributed by atoms with Crippen LogP contribution in [0, 0.1) is 11.3 Å². The Hall–Kier alpha value is -2.04. The van der Waals surface area contributed by atoms with Crippen LogP contribution in [0.5, 0.6) is 5.75 Å². The van der Waals surface area contributed by atoms with E-state index >= 15 is 0 Å². The molecule has 0 unspecified atom stereocenters. The van der Waals surface area contributed by atoms with Crippen molar-refractivity contribution in [3.05, 3.63) is 41.3 Å². The summed E-state index contributed by atoms with van der Waals surface area (Å²) in [5.74, 6) is 0.677. The molecular weight excluding hydrogens is 308 g/mol. The first-order chi connectivity index (χ1) is 9.90. The maximum absolute atomic E-state index is 12.2. The number of thiophene rings is 1. The molecule has 2 aromatic rings. The molecule has 5 nitrogen and oxygen atoms in total. The fourth-order valence-electron chi connectivity index (χ4n) is 1.60. The Morgan fingerprint density at radius 3 is 2.38 bits per heavy atom. The van der Waals surface area contributed by atoms with Gasteiger partial charge < -0.3 is 4.74 Å². The van der Waals surface area contributed by atoms with Gasteiger partial charge in [0.2, 0.25) is 0 Å². The van der Waals surface area contributed by atoms with E-state index in [0.717, 1.165) is 11.3 Å². The third-order valence-electron chi connectivity index (χ3n) is 2.43. The molecule has 1 aromatic heterocycles. The average molecular weight is 322 g/mol. The third kappa shape index (κ3) is 3.97. The number of hydrogen-bond acceptors (Lipinski definition) is 5. The molecule has 0 radical (unpaired) electrons. The second kappa shape index (κ2) is 6.16. The molecule has 1 heterocycles. The van der Waals surface area contributed by atoms with Crippen LogP contribution in [0.25, 0.3) is 0 Å². The SMILES string of the molecule is CC(C)Oc1ccc(NS(=O)(=O)c2ccc(C#N)s2)cc1. The van der Waals surface area contributed by atoms with Gasteiger partial charge in [0.25, 0.3) is 10.0 Å². The molecule has 0 spiro atoms. The first-order valence-corrected chi connectivity index (χ1v) is 8.50. The lowest BCUT2D eigenvalue weighted by atomic mass is 10.3. The van der Waals surface area contributed by atoms with Gasteiger partial charge in [-0.3, -0.25) is 4.72 Å². The van der Waals surface area contributed by atoms with Crippen LogP contribution in [-0.2, 0) is 10.0 Å². The van der Waals surface area contributed by atoms with E-state index in [9.17, 15) is 8.42 Å². The van der Waals surface area contributed by atoms with Gasteiger partial charge in [-0.1, -0.05) is 0 Å². The zero-order valence-corrected chi connectivity index (χ0v) is 13.2. The molecule has 1 aromatic carbocycles. The number of ether oxygens (including phenoxy) is 1. The van der Waals surface area contributed by atoms with Gasteiger partial charge in [-0.05, 0) is 50.2 Å². The summed E-state index contributed by atoms with van der Waals surface area (Å²) in [4.78, 5) is 0.357. The van der Waals surface area contributed by atoms with Crippen LogP contribution < -0.4 is 9.46 Å². The van der Waals surface area contributed by atoms with Gasteiger partial charge in [0.15, 0.2) is 0 Å². The van der Waals surface area contributed by atoms with Crippen molar-refractivity contribution in [3.63, 3.8) is 0 Å². The van der Waals surface area contributed by atoms with E-state index in [2.05, 4.69) is 4.72 Å². The highest BCUT2D eigenvalue weighted by molar-refractivity contribution is 7.94. The van der Waals surface area contributed by atoms with Crippen LogP contribution in [0.3, 0.4) is 0 Å². The summed E-state index contributed by atoms with van der Waals surface area (Å²) in [6.45, 7) is 3.83. The summed E-state index contributed by atoms with van der Waals surface area (Å²) in [6.07, 6.45) is 0.0584. The number of nitriles is 1. The van der Waals surface area contributed by atoms with Gasteiger partial charge >= 0.3 is 0 Å². The number of sulfonamides is 1. The number of nitrogens with zero attached hydrogens (tertiary/aromatic N) is 1. The Morgan fingerprint density at radius 2 is 1.86 bits per heavy atom. The van der Waals surface area contributed by atoms with Crippen molar-refractivity contribution < 1.29 is 13.2 Å². The highest BCUT2D eigenvalue weighted by Crippen LogP contribution is 2.24. The summed E-state index contributed by atoms with van der Waals surface area (Å²) in [6, 6.07) is 11.5. The molecule has 21 heavy (non-hydrogen) atoms. The van der Waals surface area contributed by atoms with Crippen molar-refractivity contribution in [3.8, 4) is 11.8 Å². The minimum atomic E-state index is -3.66. The first-order valence-electron chi connectivity index (χ1n) is 6.20. The molecule has 0 aliphatic rings.